The minimum absolute atomic E-state index is 0.195. The molecular weight excluding hydrogens is 374 g/mol. The van der Waals surface area contributed by atoms with Gasteiger partial charge in [0.1, 0.15) is 5.75 Å². The molecule has 0 bridgehead atoms. The van der Waals surface area contributed by atoms with Crippen LogP contribution in [0.25, 0.3) is 0 Å². The molecule has 1 unspecified atom stereocenters. The Labute approximate surface area is 178 Å². The van der Waals surface area contributed by atoms with E-state index in [9.17, 15) is 0 Å². The maximum atomic E-state index is 5.72. The molecule has 156 valence electrons. The molecule has 0 amide bonds. The van der Waals surface area contributed by atoms with Gasteiger partial charge in [0, 0.05) is 12.5 Å². The van der Waals surface area contributed by atoms with Crippen molar-refractivity contribution >= 4 is 0 Å². The van der Waals surface area contributed by atoms with E-state index in [4.69, 9.17) is 14.2 Å². The fourth-order valence-corrected chi connectivity index (χ4v) is 3.78. The highest BCUT2D eigenvalue weighted by atomic mass is 16.7. The maximum absolute atomic E-state index is 5.72. The van der Waals surface area contributed by atoms with E-state index < -0.39 is 0 Å². The zero-order valence-corrected chi connectivity index (χ0v) is 17.6. The first-order valence-electron chi connectivity index (χ1n) is 10.6. The van der Waals surface area contributed by atoms with Crippen LogP contribution in [0.5, 0.6) is 17.2 Å². The molecule has 1 aliphatic heterocycles. The van der Waals surface area contributed by atoms with Crippen LogP contribution in [0.15, 0.2) is 72.8 Å². The summed E-state index contributed by atoms with van der Waals surface area (Å²) in [5.74, 6) is 2.88. The van der Waals surface area contributed by atoms with Crippen molar-refractivity contribution in [2.75, 3.05) is 13.3 Å². The lowest BCUT2D eigenvalue weighted by molar-refractivity contribution is 0.174. The normalized spacial score (nSPS) is 13.4. The number of benzene rings is 3. The van der Waals surface area contributed by atoms with Gasteiger partial charge in [-0.3, -0.25) is 0 Å². The number of fused-ring (bicyclic) bond motifs is 1. The molecular formula is C26H29NO3. The van der Waals surface area contributed by atoms with Crippen molar-refractivity contribution in [3.63, 3.8) is 0 Å². The summed E-state index contributed by atoms with van der Waals surface area (Å²) >= 11 is 0. The highest BCUT2D eigenvalue weighted by Gasteiger charge is 2.19. The Bertz CT molecular complexity index is 938. The number of hydrogen-bond acceptors (Lipinski definition) is 4. The zero-order chi connectivity index (χ0) is 20.8. The van der Waals surface area contributed by atoms with Crippen molar-refractivity contribution in [2.24, 2.45) is 0 Å². The fourth-order valence-electron chi connectivity index (χ4n) is 3.78. The Balaban J connectivity index is 1.38. The Kier molecular flexibility index (Phi) is 6.55. The molecule has 0 saturated carbocycles. The highest BCUT2D eigenvalue weighted by molar-refractivity contribution is 5.47. The van der Waals surface area contributed by atoms with Gasteiger partial charge in [-0.05, 0) is 67.8 Å². The van der Waals surface area contributed by atoms with E-state index in [2.05, 4.69) is 59.9 Å². The summed E-state index contributed by atoms with van der Waals surface area (Å²) in [5, 5.41) is 3.59. The summed E-state index contributed by atoms with van der Waals surface area (Å²) in [6.07, 6.45) is 1.19. The van der Waals surface area contributed by atoms with Gasteiger partial charge in [-0.25, -0.2) is 0 Å². The predicted molar refractivity (Wildman–Crippen MR) is 119 cm³/mol. The van der Waals surface area contributed by atoms with Gasteiger partial charge < -0.3 is 19.5 Å². The molecule has 4 rings (SSSR count). The Morgan fingerprint density at radius 1 is 0.867 bits per heavy atom. The van der Waals surface area contributed by atoms with Crippen LogP contribution in [-0.4, -0.2) is 19.4 Å². The van der Waals surface area contributed by atoms with Crippen molar-refractivity contribution in [1.82, 2.24) is 5.32 Å². The van der Waals surface area contributed by atoms with Crippen LogP contribution in [-0.2, 0) is 6.54 Å². The van der Waals surface area contributed by atoms with Crippen LogP contribution < -0.4 is 19.5 Å². The molecule has 4 heteroatoms. The lowest BCUT2D eigenvalue weighted by atomic mass is 9.88. The molecule has 1 atom stereocenters. The van der Waals surface area contributed by atoms with Crippen molar-refractivity contribution in [1.29, 1.82) is 0 Å². The minimum Gasteiger partial charge on any atom is -0.491 e. The van der Waals surface area contributed by atoms with Crippen LogP contribution >= 0.6 is 0 Å². The number of ether oxygens (including phenoxy) is 3. The second kappa shape index (κ2) is 9.68. The van der Waals surface area contributed by atoms with Crippen LogP contribution in [0.3, 0.4) is 0 Å². The summed E-state index contributed by atoms with van der Waals surface area (Å²) in [7, 11) is 0. The van der Waals surface area contributed by atoms with Crippen molar-refractivity contribution in [3.8, 4) is 17.2 Å². The van der Waals surface area contributed by atoms with Gasteiger partial charge in [0.05, 0.1) is 6.10 Å². The lowest BCUT2D eigenvalue weighted by Gasteiger charge is -2.19. The number of hydrogen-bond donors (Lipinski definition) is 1. The molecule has 1 N–H and O–H groups in total. The molecule has 30 heavy (non-hydrogen) atoms. The van der Waals surface area contributed by atoms with Crippen molar-refractivity contribution in [2.45, 2.75) is 38.8 Å². The molecule has 3 aromatic carbocycles. The molecule has 1 aliphatic rings. The quantitative estimate of drug-likeness (QED) is 0.478. The van der Waals surface area contributed by atoms with Crippen LogP contribution in [0.1, 0.15) is 42.9 Å². The van der Waals surface area contributed by atoms with E-state index in [1.54, 1.807) is 0 Å². The van der Waals surface area contributed by atoms with Gasteiger partial charge >= 0.3 is 0 Å². The summed E-state index contributed by atoms with van der Waals surface area (Å²) < 4.78 is 16.8. The van der Waals surface area contributed by atoms with E-state index >= 15 is 0 Å². The third kappa shape index (κ3) is 5.14. The molecule has 0 fully saturated rings. The lowest BCUT2D eigenvalue weighted by Crippen LogP contribution is -2.18. The van der Waals surface area contributed by atoms with Gasteiger partial charge in [0.25, 0.3) is 0 Å². The van der Waals surface area contributed by atoms with E-state index in [1.165, 1.54) is 16.7 Å². The third-order valence-corrected chi connectivity index (χ3v) is 5.23. The first-order chi connectivity index (χ1) is 14.7. The summed E-state index contributed by atoms with van der Waals surface area (Å²) in [6.45, 7) is 6.14. The van der Waals surface area contributed by atoms with Gasteiger partial charge in [-0.2, -0.15) is 0 Å². The second-order valence-electron chi connectivity index (χ2n) is 7.85. The second-order valence-corrected chi connectivity index (χ2v) is 7.85. The van der Waals surface area contributed by atoms with Crippen LogP contribution in [0, 0.1) is 0 Å². The van der Waals surface area contributed by atoms with Gasteiger partial charge in [-0.1, -0.05) is 48.5 Å². The Morgan fingerprint density at radius 3 is 2.40 bits per heavy atom. The SMILES string of the molecule is CC(C)Oc1ccc(CNCCC(c2ccccc2)c2ccc3c(c2)OCO3)cc1. The maximum Gasteiger partial charge on any atom is 0.231 e. The summed E-state index contributed by atoms with van der Waals surface area (Å²) in [6, 6.07) is 25.3. The molecule has 0 radical (unpaired) electrons. The zero-order valence-electron chi connectivity index (χ0n) is 17.6. The Morgan fingerprint density at radius 2 is 1.63 bits per heavy atom. The van der Waals surface area contributed by atoms with Gasteiger partial charge in [-0.15, -0.1) is 0 Å². The number of nitrogens with one attached hydrogen (secondary N) is 1. The molecule has 0 spiro atoms. The minimum atomic E-state index is 0.195. The summed E-state index contributed by atoms with van der Waals surface area (Å²) in [4.78, 5) is 0. The molecule has 3 aromatic rings. The smallest absolute Gasteiger partial charge is 0.231 e. The van der Waals surface area contributed by atoms with E-state index in [1.807, 2.05) is 32.0 Å². The van der Waals surface area contributed by atoms with E-state index in [-0.39, 0.29) is 6.10 Å². The molecule has 1 heterocycles. The van der Waals surface area contributed by atoms with E-state index in [0.29, 0.717) is 12.7 Å². The average Bonchev–Trinajstić information content (AvgIpc) is 3.23. The van der Waals surface area contributed by atoms with Crippen molar-refractivity contribution in [3.05, 3.63) is 89.5 Å². The Hall–Kier alpha value is -2.98. The average molecular weight is 404 g/mol. The predicted octanol–water partition coefficient (Wildman–Crippen LogP) is 5.51. The van der Waals surface area contributed by atoms with Crippen LogP contribution in [0.2, 0.25) is 0 Å². The first kappa shape index (κ1) is 20.3. The summed E-state index contributed by atoms with van der Waals surface area (Å²) in [5.41, 5.74) is 3.82. The van der Waals surface area contributed by atoms with Crippen LogP contribution in [0.4, 0.5) is 0 Å². The third-order valence-electron chi connectivity index (χ3n) is 5.23. The van der Waals surface area contributed by atoms with E-state index in [0.717, 1.165) is 36.8 Å². The fraction of sp³-hybridized carbons (Fsp3) is 0.308. The van der Waals surface area contributed by atoms with Crippen molar-refractivity contribution < 1.29 is 14.2 Å². The first-order valence-corrected chi connectivity index (χ1v) is 10.6. The molecule has 0 aromatic heterocycles. The van der Waals surface area contributed by atoms with Gasteiger partial charge in [0.15, 0.2) is 11.5 Å². The molecule has 0 aliphatic carbocycles. The molecule has 4 nitrogen and oxygen atoms in total. The monoisotopic (exact) mass is 403 g/mol. The number of rotatable bonds is 9. The van der Waals surface area contributed by atoms with Gasteiger partial charge in [0.2, 0.25) is 6.79 Å². The highest BCUT2D eigenvalue weighted by Crippen LogP contribution is 2.37. The standard InChI is InChI=1S/C26H29NO3/c1-19(2)30-23-11-8-20(9-12-23)17-27-15-14-24(21-6-4-3-5-7-21)22-10-13-25-26(16-22)29-18-28-25/h3-13,16,19,24,27H,14-15,17-18H2,1-2H3. The topological polar surface area (TPSA) is 39.7 Å². The largest absolute Gasteiger partial charge is 0.491 e. The molecule has 0 saturated heterocycles.